The Labute approximate surface area is 144 Å². The first kappa shape index (κ1) is 18.9. The number of carbonyl (C=O) groups is 1. The van der Waals surface area contributed by atoms with Crippen molar-refractivity contribution < 1.29 is 23.4 Å². The molecule has 0 aliphatic rings. The Morgan fingerprint density at radius 2 is 2.16 bits per heavy atom. The van der Waals surface area contributed by atoms with Gasteiger partial charge in [-0.25, -0.2) is 4.79 Å². The van der Waals surface area contributed by atoms with Gasteiger partial charge in [-0.3, -0.25) is 4.98 Å². The number of aliphatic hydroxyl groups is 1. The number of nitrogens with zero attached hydrogens (tertiary/aromatic N) is 2. The van der Waals surface area contributed by atoms with Gasteiger partial charge in [0.15, 0.2) is 5.75 Å². The number of benzene rings is 1. The molecule has 0 atom stereocenters. The fourth-order valence-corrected chi connectivity index (χ4v) is 2.43. The number of rotatable bonds is 8. The number of unbranched alkanes of at least 4 members (excludes halogenated alkanes) is 1. The minimum absolute atomic E-state index is 0.0539. The molecular formula is C17H21F2N3O3. The summed E-state index contributed by atoms with van der Waals surface area (Å²) in [6.45, 7) is -0.351. The van der Waals surface area contributed by atoms with Crippen LogP contribution in [0.25, 0.3) is 10.9 Å². The van der Waals surface area contributed by atoms with Crippen LogP contribution in [0.5, 0.6) is 5.75 Å². The quantitative estimate of drug-likeness (QED) is 0.762. The molecule has 0 saturated carbocycles. The number of alkyl halides is 2. The summed E-state index contributed by atoms with van der Waals surface area (Å²) in [6, 6.07) is 5.79. The van der Waals surface area contributed by atoms with Crippen molar-refractivity contribution in [2.24, 2.45) is 0 Å². The standard InChI is InChI=1S/C17H21F2N3O3/c1-2-3-9-22(10-11-23)17(24)21-13-6-7-14(25-16(18)19)15-12(13)5-4-8-20-15/h4-8,16,23H,2-3,9-11H2,1H3,(H,21,24). The van der Waals surface area contributed by atoms with Crippen molar-refractivity contribution in [2.75, 3.05) is 25.0 Å². The van der Waals surface area contributed by atoms with E-state index in [2.05, 4.69) is 15.0 Å². The zero-order valence-corrected chi connectivity index (χ0v) is 13.9. The SMILES string of the molecule is CCCCN(CCO)C(=O)Nc1ccc(OC(F)F)c2ncccc12. The Kier molecular flexibility index (Phi) is 6.88. The number of hydrogen-bond donors (Lipinski definition) is 2. The number of aliphatic hydroxyl groups excluding tert-OH is 1. The van der Waals surface area contributed by atoms with Gasteiger partial charge in [-0.2, -0.15) is 8.78 Å². The molecule has 8 heteroatoms. The fraction of sp³-hybridized carbons (Fsp3) is 0.412. The molecule has 1 aromatic heterocycles. The van der Waals surface area contributed by atoms with Gasteiger partial charge >= 0.3 is 12.6 Å². The molecular weight excluding hydrogens is 332 g/mol. The van der Waals surface area contributed by atoms with E-state index in [4.69, 9.17) is 5.11 Å². The minimum atomic E-state index is -2.96. The number of fused-ring (bicyclic) bond motifs is 1. The van der Waals surface area contributed by atoms with Crippen LogP contribution >= 0.6 is 0 Å². The van der Waals surface area contributed by atoms with Crippen LogP contribution in [0.1, 0.15) is 19.8 Å². The summed E-state index contributed by atoms with van der Waals surface area (Å²) < 4.78 is 29.5. The molecule has 0 spiro atoms. The Balaban J connectivity index is 2.27. The zero-order valence-electron chi connectivity index (χ0n) is 13.9. The topological polar surface area (TPSA) is 74.7 Å². The van der Waals surface area contributed by atoms with Crippen molar-refractivity contribution in [3.8, 4) is 5.75 Å². The molecule has 2 aromatic rings. The summed E-state index contributed by atoms with van der Waals surface area (Å²) in [6.07, 6.45) is 3.20. The molecule has 0 aliphatic heterocycles. The highest BCUT2D eigenvalue weighted by Gasteiger charge is 2.16. The molecule has 6 nitrogen and oxygen atoms in total. The highest BCUT2D eigenvalue weighted by Crippen LogP contribution is 2.31. The van der Waals surface area contributed by atoms with Crippen LogP contribution < -0.4 is 10.1 Å². The molecule has 2 amide bonds. The maximum atomic E-state index is 12.5. The van der Waals surface area contributed by atoms with Gasteiger partial charge in [-0.1, -0.05) is 13.3 Å². The lowest BCUT2D eigenvalue weighted by molar-refractivity contribution is -0.0489. The summed E-state index contributed by atoms with van der Waals surface area (Å²) in [4.78, 5) is 18.0. The lowest BCUT2D eigenvalue weighted by atomic mass is 10.1. The van der Waals surface area contributed by atoms with Gasteiger partial charge in [0.1, 0.15) is 5.52 Å². The molecule has 0 radical (unpaired) electrons. The third-order valence-electron chi connectivity index (χ3n) is 3.63. The van der Waals surface area contributed by atoms with E-state index in [9.17, 15) is 13.6 Å². The van der Waals surface area contributed by atoms with Crippen molar-refractivity contribution in [1.82, 2.24) is 9.88 Å². The van der Waals surface area contributed by atoms with Crippen LogP contribution in [-0.2, 0) is 0 Å². The van der Waals surface area contributed by atoms with Crippen LogP contribution in [0.15, 0.2) is 30.5 Å². The predicted octanol–water partition coefficient (Wildman–Crippen LogP) is 3.46. The van der Waals surface area contributed by atoms with E-state index in [1.807, 2.05) is 6.92 Å². The first-order valence-electron chi connectivity index (χ1n) is 8.06. The second kappa shape index (κ2) is 9.12. The van der Waals surface area contributed by atoms with E-state index in [0.717, 1.165) is 12.8 Å². The Morgan fingerprint density at radius 3 is 2.84 bits per heavy atom. The number of aromatic nitrogens is 1. The van der Waals surface area contributed by atoms with Crippen molar-refractivity contribution in [1.29, 1.82) is 0 Å². The number of ether oxygens (including phenoxy) is 1. The number of halogens is 2. The Morgan fingerprint density at radius 1 is 1.36 bits per heavy atom. The van der Waals surface area contributed by atoms with Crippen LogP contribution in [-0.4, -0.2) is 47.3 Å². The number of pyridine rings is 1. The highest BCUT2D eigenvalue weighted by molar-refractivity contribution is 6.02. The Bertz CT molecular complexity index is 713. The summed E-state index contributed by atoms with van der Waals surface area (Å²) in [5, 5.41) is 12.4. The van der Waals surface area contributed by atoms with E-state index in [1.165, 1.54) is 23.2 Å². The lowest BCUT2D eigenvalue weighted by Crippen LogP contribution is -2.37. The number of nitrogens with one attached hydrogen (secondary N) is 1. The third-order valence-corrected chi connectivity index (χ3v) is 3.63. The van der Waals surface area contributed by atoms with Gasteiger partial charge in [-0.15, -0.1) is 0 Å². The molecule has 2 N–H and O–H groups in total. The molecule has 0 saturated heterocycles. The molecule has 25 heavy (non-hydrogen) atoms. The number of amides is 2. The van der Waals surface area contributed by atoms with Gasteiger partial charge < -0.3 is 20.1 Å². The fourth-order valence-electron chi connectivity index (χ4n) is 2.43. The maximum Gasteiger partial charge on any atom is 0.387 e. The molecule has 1 aromatic carbocycles. The van der Waals surface area contributed by atoms with Gasteiger partial charge in [-0.05, 0) is 30.7 Å². The van der Waals surface area contributed by atoms with E-state index in [1.54, 1.807) is 12.1 Å². The van der Waals surface area contributed by atoms with E-state index in [0.29, 0.717) is 17.6 Å². The summed E-state index contributed by atoms with van der Waals surface area (Å²) >= 11 is 0. The molecule has 0 bridgehead atoms. The van der Waals surface area contributed by atoms with Crippen molar-refractivity contribution in [3.63, 3.8) is 0 Å². The number of carbonyl (C=O) groups excluding carboxylic acids is 1. The van der Waals surface area contributed by atoms with Crippen molar-refractivity contribution >= 4 is 22.6 Å². The molecule has 136 valence electrons. The normalized spacial score (nSPS) is 10.9. The smallest absolute Gasteiger partial charge is 0.387 e. The largest absolute Gasteiger partial charge is 0.432 e. The number of hydrogen-bond acceptors (Lipinski definition) is 4. The molecule has 0 fully saturated rings. The summed E-state index contributed by atoms with van der Waals surface area (Å²) in [7, 11) is 0. The summed E-state index contributed by atoms with van der Waals surface area (Å²) in [5.74, 6) is -0.0539. The Hall–Kier alpha value is -2.48. The first-order valence-corrected chi connectivity index (χ1v) is 8.06. The molecule has 2 rings (SSSR count). The van der Waals surface area contributed by atoms with E-state index < -0.39 is 6.61 Å². The van der Waals surface area contributed by atoms with E-state index in [-0.39, 0.29) is 30.4 Å². The van der Waals surface area contributed by atoms with Gasteiger partial charge in [0, 0.05) is 24.7 Å². The molecule has 0 aliphatic carbocycles. The first-order chi connectivity index (χ1) is 12.1. The maximum absolute atomic E-state index is 12.5. The minimum Gasteiger partial charge on any atom is -0.432 e. The average molecular weight is 353 g/mol. The summed E-state index contributed by atoms with van der Waals surface area (Å²) in [5.41, 5.74) is 0.678. The predicted molar refractivity (Wildman–Crippen MR) is 91.0 cm³/mol. The molecule has 0 unspecified atom stereocenters. The van der Waals surface area contributed by atoms with Gasteiger partial charge in [0.2, 0.25) is 0 Å². The lowest BCUT2D eigenvalue weighted by Gasteiger charge is -2.22. The van der Waals surface area contributed by atoms with E-state index >= 15 is 0 Å². The van der Waals surface area contributed by atoms with Gasteiger partial charge in [0.25, 0.3) is 0 Å². The van der Waals surface area contributed by atoms with Gasteiger partial charge in [0.05, 0.1) is 12.3 Å². The molecule has 1 heterocycles. The van der Waals surface area contributed by atoms with Crippen LogP contribution in [0.4, 0.5) is 19.3 Å². The average Bonchev–Trinajstić information content (AvgIpc) is 2.60. The highest BCUT2D eigenvalue weighted by atomic mass is 19.3. The van der Waals surface area contributed by atoms with Crippen molar-refractivity contribution in [3.05, 3.63) is 30.5 Å². The third kappa shape index (κ3) is 4.99. The second-order valence-corrected chi connectivity index (χ2v) is 5.38. The zero-order chi connectivity index (χ0) is 18.2. The second-order valence-electron chi connectivity index (χ2n) is 5.38. The number of urea groups is 1. The monoisotopic (exact) mass is 353 g/mol. The van der Waals surface area contributed by atoms with Crippen LogP contribution in [0.2, 0.25) is 0 Å². The van der Waals surface area contributed by atoms with Crippen molar-refractivity contribution in [2.45, 2.75) is 26.4 Å². The number of anilines is 1. The van der Waals surface area contributed by atoms with Crippen LogP contribution in [0, 0.1) is 0 Å². The van der Waals surface area contributed by atoms with Crippen LogP contribution in [0.3, 0.4) is 0 Å².